The van der Waals surface area contributed by atoms with Crippen LogP contribution in [0.15, 0.2) is 6.33 Å². The Labute approximate surface area is 127 Å². The van der Waals surface area contributed by atoms with Crippen LogP contribution in [0.25, 0.3) is 0 Å². The molecular weight excluding hydrogens is 266 g/mol. The summed E-state index contributed by atoms with van der Waals surface area (Å²) in [6, 6.07) is 0.603. The second kappa shape index (κ2) is 8.46. The SMILES string of the molecule is COCCNCC1CCCN1Cc1ncnn1CC(C)C. The summed E-state index contributed by atoms with van der Waals surface area (Å²) in [4.78, 5) is 6.98. The molecule has 2 heterocycles. The first-order valence-electron chi connectivity index (χ1n) is 8.01. The van der Waals surface area contributed by atoms with E-state index < -0.39 is 0 Å². The highest BCUT2D eigenvalue weighted by Gasteiger charge is 2.25. The molecule has 1 saturated heterocycles. The topological polar surface area (TPSA) is 55.2 Å². The molecule has 0 amide bonds. The summed E-state index contributed by atoms with van der Waals surface area (Å²) >= 11 is 0. The fraction of sp³-hybridized carbons (Fsp3) is 0.867. The molecule has 0 aliphatic carbocycles. The predicted octanol–water partition coefficient (Wildman–Crippen LogP) is 1.13. The Bertz CT molecular complexity index is 407. The fourth-order valence-corrected chi connectivity index (χ4v) is 2.87. The maximum atomic E-state index is 5.07. The van der Waals surface area contributed by atoms with E-state index in [1.54, 1.807) is 13.4 Å². The van der Waals surface area contributed by atoms with E-state index in [2.05, 4.69) is 38.8 Å². The van der Waals surface area contributed by atoms with Gasteiger partial charge in [-0.2, -0.15) is 5.10 Å². The first-order chi connectivity index (χ1) is 10.2. The van der Waals surface area contributed by atoms with Gasteiger partial charge < -0.3 is 10.1 Å². The molecule has 1 fully saturated rings. The molecule has 1 aliphatic rings. The molecule has 0 saturated carbocycles. The highest BCUT2D eigenvalue weighted by molar-refractivity contribution is 4.90. The molecule has 1 aromatic rings. The molecule has 6 nitrogen and oxygen atoms in total. The number of hydrogen-bond donors (Lipinski definition) is 1. The summed E-state index contributed by atoms with van der Waals surface area (Å²) in [5, 5.41) is 7.83. The van der Waals surface area contributed by atoms with Gasteiger partial charge in [-0.3, -0.25) is 4.90 Å². The molecule has 0 aromatic carbocycles. The van der Waals surface area contributed by atoms with Crippen LogP contribution in [-0.4, -0.2) is 59.1 Å². The lowest BCUT2D eigenvalue weighted by Crippen LogP contribution is -2.39. The molecule has 21 heavy (non-hydrogen) atoms. The Balaban J connectivity index is 1.84. The Kier molecular flexibility index (Phi) is 6.60. The van der Waals surface area contributed by atoms with Crippen molar-refractivity contribution < 1.29 is 4.74 Å². The normalized spacial score (nSPS) is 19.7. The summed E-state index contributed by atoms with van der Waals surface area (Å²) in [7, 11) is 1.74. The summed E-state index contributed by atoms with van der Waals surface area (Å²) in [5.74, 6) is 1.68. The van der Waals surface area contributed by atoms with Crippen LogP contribution < -0.4 is 5.32 Å². The molecule has 1 aliphatic heterocycles. The third-order valence-electron chi connectivity index (χ3n) is 3.94. The van der Waals surface area contributed by atoms with E-state index in [4.69, 9.17) is 4.74 Å². The number of hydrogen-bond acceptors (Lipinski definition) is 5. The minimum atomic E-state index is 0.593. The van der Waals surface area contributed by atoms with E-state index in [-0.39, 0.29) is 0 Å². The smallest absolute Gasteiger partial charge is 0.141 e. The van der Waals surface area contributed by atoms with Crippen molar-refractivity contribution in [1.29, 1.82) is 0 Å². The summed E-state index contributed by atoms with van der Waals surface area (Å²) in [6.07, 6.45) is 4.22. The van der Waals surface area contributed by atoms with Crippen molar-refractivity contribution in [2.75, 3.05) is 33.4 Å². The van der Waals surface area contributed by atoms with Crippen molar-refractivity contribution in [2.45, 2.75) is 45.8 Å². The number of nitrogens with one attached hydrogen (secondary N) is 1. The summed E-state index contributed by atoms with van der Waals surface area (Å²) < 4.78 is 7.13. The number of nitrogens with zero attached hydrogens (tertiary/aromatic N) is 4. The molecule has 2 rings (SSSR count). The standard InChI is InChI=1S/C15H29N5O/c1-13(2)10-20-15(17-12-18-20)11-19-7-4-5-14(19)9-16-6-8-21-3/h12-14,16H,4-11H2,1-3H3. The molecule has 0 spiro atoms. The average Bonchev–Trinajstić information content (AvgIpc) is 3.05. The van der Waals surface area contributed by atoms with Gasteiger partial charge >= 0.3 is 0 Å². The van der Waals surface area contributed by atoms with Crippen LogP contribution in [0.1, 0.15) is 32.5 Å². The van der Waals surface area contributed by atoms with E-state index in [1.807, 2.05) is 0 Å². The van der Waals surface area contributed by atoms with E-state index in [9.17, 15) is 0 Å². The number of likely N-dealkylation sites (tertiary alicyclic amines) is 1. The third-order valence-corrected chi connectivity index (χ3v) is 3.94. The first-order valence-corrected chi connectivity index (χ1v) is 8.01. The first kappa shape index (κ1) is 16.4. The summed E-state index contributed by atoms with van der Waals surface area (Å²) in [6.45, 7) is 10.2. The Morgan fingerprint density at radius 3 is 3.10 bits per heavy atom. The van der Waals surface area contributed by atoms with Crippen molar-refractivity contribution in [3.05, 3.63) is 12.2 Å². The van der Waals surface area contributed by atoms with Crippen molar-refractivity contribution in [3.63, 3.8) is 0 Å². The van der Waals surface area contributed by atoms with Gasteiger partial charge in [0.15, 0.2) is 0 Å². The zero-order valence-electron chi connectivity index (χ0n) is 13.6. The minimum absolute atomic E-state index is 0.593. The van der Waals surface area contributed by atoms with Crippen molar-refractivity contribution in [1.82, 2.24) is 25.0 Å². The van der Waals surface area contributed by atoms with Crippen LogP contribution in [0.2, 0.25) is 0 Å². The van der Waals surface area contributed by atoms with Gasteiger partial charge in [0.25, 0.3) is 0 Å². The van der Waals surface area contributed by atoms with Crippen LogP contribution in [0.4, 0.5) is 0 Å². The van der Waals surface area contributed by atoms with Gasteiger partial charge in [0.05, 0.1) is 13.2 Å². The predicted molar refractivity (Wildman–Crippen MR) is 83.0 cm³/mol. The average molecular weight is 295 g/mol. The quantitative estimate of drug-likeness (QED) is 0.692. The zero-order valence-corrected chi connectivity index (χ0v) is 13.6. The van der Waals surface area contributed by atoms with E-state index in [1.165, 1.54) is 12.8 Å². The monoisotopic (exact) mass is 295 g/mol. The molecule has 1 N–H and O–H groups in total. The van der Waals surface area contributed by atoms with Crippen molar-refractivity contribution in [3.8, 4) is 0 Å². The summed E-state index contributed by atoms with van der Waals surface area (Å²) in [5.41, 5.74) is 0. The molecule has 120 valence electrons. The largest absolute Gasteiger partial charge is 0.383 e. The molecule has 1 atom stereocenters. The van der Waals surface area contributed by atoms with Gasteiger partial charge in [-0.15, -0.1) is 0 Å². The number of methoxy groups -OCH3 is 1. The van der Waals surface area contributed by atoms with Crippen LogP contribution in [-0.2, 0) is 17.8 Å². The Morgan fingerprint density at radius 2 is 2.33 bits per heavy atom. The van der Waals surface area contributed by atoms with E-state index >= 15 is 0 Å². The highest BCUT2D eigenvalue weighted by Crippen LogP contribution is 2.19. The molecule has 6 heteroatoms. The highest BCUT2D eigenvalue weighted by atomic mass is 16.5. The molecule has 0 radical (unpaired) electrons. The number of ether oxygens (including phenoxy) is 1. The second-order valence-electron chi connectivity index (χ2n) is 6.22. The lowest BCUT2D eigenvalue weighted by Gasteiger charge is -2.24. The number of aromatic nitrogens is 3. The van der Waals surface area contributed by atoms with Crippen LogP contribution >= 0.6 is 0 Å². The Morgan fingerprint density at radius 1 is 1.48 bits per heavy atom. The van der Waals surface area contributed by atoms with Gasteiger partial charge in [-0.1, -0.05) is 13.8 Å². The van der Waals surface area contributed by atoms with Gasteiger partial charge in [0, 0.05) is 32.8 Å². The van der Waals surface area contributed by atoms with Crippen molar-refractivity contribution in [2.24, 2.45) is 5.92 Å². The molecular formula is C15H29N5O. The maximum Gasteiger partial charge on any atom is 0.141 e. The van der Waals surface area contributed by atoms with Gasteiger partial charge in [-0.05, 0) is 25.3 Å². The fourth-order valence-electron chi connectivity index (χ4n) is 2.87. The van der Waals surface area contributed by atoms with Crippen LogP contribution in [0, 0.1) is 5.92 Å². The molecule has 0 bridgehead atoms. The van der Waals surface area contributed by atoms with Crippen LogP contribution in [0.3, 0.4) is 0 Å². The van der Waals surface area contributed by atoms with E-state index in [0.29, 0.717) is 12.0 Å². The van der Waals surface area contributed by atoms with Gasteiger partial charge in [0.2, 0.25) is 0 Å². The third kappa shape index (κ3) is 5.05. The Hall–Kier alpha value is -0.980. The zero-order chi connectivity index (χ0) is 15.1. The maximum absolute atomic E-state index is 5.07. The lowest BCUT2D eigenvalue weighted by molar-refractivity contribution is 0.189. The van der Waals surface area contributed by atoms with E-state index in [0.717, 1.165) is 45.2 Å². The lowest BCUT2D eigenvalue weighted by atomic mass is 10.2. The number of rotatable bonds is 9. The molecule has 1 aromatic heterocycles. The van der Waals surface area contributed by atoms with Gasteiger partial charge in [0.1, 0.15) is 12.2 Å². The van der Waals surface area contributed by atoms with Gasteiger partial charge in [-0.25, -0.2) is 9.67 Å². The van der Waals surface area contributed by atoms with Crippen LogP contribution in [0.5, 0.6) is 0 Å². The second-order valence-corrected chi connectivity index (χ2v) is 6.22. The molecule has 1 unspecified atom stereocenters. The minimum Gasteiger partial charge on any atom is -0.383 e. The van der Waals surface area contributed by atoms with Crippen molar-refractivity contribution >= 4 is 0 Å².